The van der Waals surface area contributed by atoms with E-state index in [0.717, 1.165) is 19.6 Å². The first-order valence-corrected chi connectivity index (χ1v) is 11.6. The van der Waals surface area contributed by atoms with Gasteiger partial charge in [0, 0.05) is 56.1 Å². The molecule has 1 aromatic carbocycles. The number of carbonyl (C=O) groups excluding carboxylic acids is 1. The minimum absolute atomic E-state index is 0.0679. The number of pyridine rings is 1. The van der Waals surface area contributed by atoms with Gasteiger partial charge in [0.15, 0.2) is 5.78 Å². The molecule has 2 aliphatic rings. The molecule has 1 aliphatic heterocycles. The molecule has 0 atom stereocenters. The van der Waals surface area contributed by atoms with E-state index in [1.165, 1.54) is 43.9 Å². The number of ketones is 1. The van der Waals surface area contributed by atoms with Crippen molar-refractivity contribution in [3.63, 3.8) is 0 Å². The summed E-state index contributed by atoms with van der Waals surface area (Å²) in [5.74, 6) is -0.0679. The number of benzene rings is 1. The summed E-state index contributed by atoms with van der Waals surface area (Å²) in [6, 6.07) is 10.5. The number of hydrogen-bond donors (Lipinski definition) is 0. The lowest BCUT2D eigenvalue weighted by Crippen LogP contribution is -2.53. The zero-order valence-corrected chi connectivity index (χ0v) is 17.6. The number of aromatic nitrogens is 1. The fourth-order valence-electron chi connectivity index (χ4n) is 4.41. The van der Waals surface area contributed by atoms with E-state index in [9.17, 15) is 13.2 Å². The van der Waals surface area contributed by atoms with Crippen LogP contribution in [0.3, 0.4) is 0 Å². The second-order valence-corrected chi connectivity index (χ2v) is 10.1. The molecule has 2 heterocycles. The summed E-state index contributed by atoms with van der Waals surface area (Å²) in [5, 5.41) is 0. The van der Waals surface area contributed by atoms with Gasteiger partial charge < -0.3 is 0 Å². The van der Waals surface area contributed by atoms with Crippen LogP contribution in [0.4, 0.5) is 0 Å². The van der Waals surface area contributed by atoms with E-state index in [4.69, 9.17) is 0 Å². The third kappa shape index (κ3) is 3.99. The fourth-order valence-corrected chi connectivity index (χ4v) is 5.84. The molecule has 1 aliphatic carbocycles. The van der Waals surface area contributed by atoms with Crippen LogP contribution in [0, 0.1) is 0 Å². The summed E-state index contributed by atoms with van der Waals surface area (Å²) < 4.78 is 27.5. The van der Waals surface area contributed by atoms with Crippen LogP contribution in [0.2, 0.25) is 0 Å². The topological polar surface area (TPSA) is 70.6 Å². The van der Waals surface area contributed by atoms with Crippen molar-refractivity contribution >= 4 is 15.8 Å². The highest BCUT2D eigenvalue weighted by Crippen LogP contribution is 2.44. The molecule has 0 radical (unpaired) electrons. The van der Waals surface area contributed by atoms with Crippen LogP contribution in [0.25, 0.3) is 0 Å². The lowest BCUT2D eigenvalue weighted by Gasteiger charge is -2.47. The molecular weight excluding hydrogens is 386 g/mol. The summed E-state index contributed by atoms with van der Waals surface area (Å²) in [6.45, 7) is 4.89. The molecule has 7 heteroatoms. The number of hydrogen-bond acceptors (Lipinski definition) is 5. The lowest BCUT2D eigenvalue weighted by atomic mass is 9.64. The van der Waals surface area contributed by atoms with Crippen molar-refractivity contribution in [2.45, 2.75) is 36.5 Å². The van der Waals surface area contributed by atoms with Gasteiger partial charge in [0.25, 0.3) is 0 Å². The predicted molar refractivity (Wildman–Crippen MR) is 111 cm³/mol. The van der Waals surface area contributed by atoms with Gasteiger partial charge >= 0.3 is 0 Å². The highest BCUT2D eigenvalue weighted by molar-refractivity contribution is 7.89. The molecule has 6 nitrogen and oxygen atoms in total. The second kappa shape index (κ2) is 7.97. The average molecular weight is 414 g/mol. The molecule has 1 saturated heterocycles. The molecule has 4 rings (SSSR count). The maximum absolute atomic E-state index is 13.0. The molecule has 0 amide bonds. The normalized spacial score (nSPS) is 20.2. The highest BCUT2D eigenvalue weighted by Gasteiger charge is 2.41. The maximum atomic E-state index is 13.0. The Kier molecular flexibility index (Phi) is 5.55. The van der Waals surface area contributed by atoms with Crippen molar-refractivity contribution in [2.75, 3.05) is 32.7 Å². The SMILES string of the molecule is CC(=O)c1ccc(S(=O)(=O)N2CCN(CC3(c4ccncc4)CCC3)CC2)cc1. The van der Waals surface area contributed by atoms with Gasteiger partial charge in [0.2, 0.25) is 10.0 Å². The highest BCUT2D eigenvalue weighted by atomic mass is 32.2. The third-order valence-corrected chi connectivity index (χ3v) is 8.27. The molecule has 29 heavy (non-hydrogen) atoms. The Balaban J connectivity index is 1.40. The maximum Gasteiger partial charge on any atom is 0.243 e. The standard InChI is InChI=1S/C22H27N3O3S/c1-18(26)19-3-5-21(6-4-19)29(27,28)25-15-13-24(14-16-25)17-22(9-2-10-22)20-7-11-23-12-8-20/h3-8,11-12H,2,9-10,13-17H2,1H3. The molecule has 0 unspecified atom stereocenters. The zero-order chi connectivity index (χ0) is 20.5. The number of nitrogens with zero attached hydrogens (tertiary/aromatic N) is 3. The van der Waals surface area contributed by atoms with Crippen molar-refractivity contribution in [1.29, 1.82) is 0 Å². The van der Waals surface area contributed by atoms with Gasteiger partial charge in [-0.05, 0) is 49.6 Å². The molecule has 0 N–H and O–H groups in total. The third-order valence-electron chi connectivity index (χ3n) is 6.36. The van der Waals surface area contributed by atoms with Gasteiger partial charge in [-0.1, -0.05) is 18.6 Å². The van der Waals surface area contributed by atoms with E-state index in [0.29, 0.717) is 18.7 Å². The van der Waals surface area contributed by atoms with Gasteiger partial charge in [-0.3, -0.25) is 14.7 Å². The van der Waals surface area contributed by atoms with Crippen molar-refractivity contribution in [2.24, 2.45) is 0 Å². The quantitative estimate of drug-likeness (QED) is 0.681. The molecule has 2 fully saturated rings. The van der Waals surface area contributed by atoms with Gasteiger partial charge in [0.1, 0.15) is 0 Å². The fraction of sp³-hybridized carbons (Fsp3) is 0.455. The lowest BCUT2D eigenvalue weighted by molar-refractivity contribution is 0.101. The van der Waals surface area contributed by atoms with Crippen molar-refractivity contribution in [3.8, 4) is 0 Å². The van der Waals surface area contributed by atoms with E-state index in [1.54, 1.807) is 16.4 Å². The molecule has 1 saturated carbocycles. The number of piperazine rings is 1. The number of sulfonamides is 1. The number of rotatable bonds is 6. The Bertz CT molecular complexity index is 962. The van der Waals surface area contributed by atoms with Crippen molar-refractivity contribution in [3.05, 3.63) is 59.9 Å². The van der Waals surface area contributed by atoms with Crippen LogP contribution < -0.4 is 0 Å². The molecular formula is C22H27N3O3S. The number of Topliss-reactive ketones (excluding diaryl/α,β-unsaturated/α-hetero) is 1. The molecule has 2 aromatic rings. The Labute approximate surface area is 172 Å². The summed E-state index contributed by atoms with van der Waals surface area (Å²) in [7, 11) is -3.53. The molecule has 0 spiro atoms. The predicted octanol–water partition coefficient (Wildman–Crippen LogP) is 2.71. The van der Waals surface area contributed by atoms with Gasteiger partial charge in [-0.15, -0.1) is 0 Å². The second-order valence-electron chi connectivity index (χ2n) is 8.13. The molecule has 0 bridgehead atoms. The smallest absolute Gasteiger partial charge is 0.243 e. The van der Waals surface area contributed by atoms with Gasteiger partial charge in [-0.2, -0.15) is 4.31 Å². The van der Waals surface area contributed by atoms with Crippen molar-refractivity contribution < 1.29 is 13.2 Å². The zero-order valence-electron chi connectivity index (χ0n) is 16.8. The van der Waals surface area contributed by atoms with Crippen molar-refractivity contribution in [1.82, 2.24) is 14.2 Å². The van der Waals surface area contributed by atoms with Gasteiger partial charge in [0.05, 0.1) is 4.90 Å². The summed E-state index contributed by atoms with van der Waals surface area (Å²) in [4.78, 5) is 18.2. The van der Waals surface area contributed by atoms with Crippen LogP contribution in [0.15, 0.2) is 53.7 Å². The van der Waals surface area contributed by atoms with E-state index in [2.05, 4.69) is 22.0 Å². The van der Waals surface area contributed by atoms with Crippen LogP contribution in [0.5, 0.6) is 0 Å². The first-order chi connectivity index (χ1) is 13.9. The minimum Gasteiger partial charge on any atom is -0.300 e. The molecule has 1 aromatic heterocycles. The van der Waals surface area contributed by atoms with Crippen LogP contribution in [-0.2, 0) is 15.4 Å². The number of carbonyl (C=O) groups is 1. The largest absolute Gasteiger partial charge is 0.300 e. The molecule has 154 valence electrons. The Morgan fingerprint density at radius 1 is 1.00 bits per heavy atom. The van der Waals surface area contributed by atoms with E-state index in [-0.39, 0.29) is 16.1 Å². The average Bonchev–Trinajstić information content (AvgIpc) is 2.72. The van der Waals surface area contributed by atoms with Crippen LogP contribution in [0.1, 0.15) is 42.1 Å². The van der Waals surface area contributed by atoms with E-state index >= 15 is 0 Å². The van der Waals surface area contributed by atoms with E-state index in [1.807, 2.05) is 12.4 Å². The Hall–Kier alpha value is -2.09. The summed E-state index contributed by atoms with van der Waals surface area (Å²) >= 11 is 0. The Morgan fingerprint density at radius 3 is 2.14 bits per heavy atom. The summed E-state index contributed by atoms with van der Waals surface area (Å²) in [6.07, 6.45) is 7.32. The first kappa shape index (κ1) is 20.2. The van der Waals surface area contributed by atoms with Crippen LogP contribution in [-0.4, -0.2) is 61.1 Å². The minimum atomic E-state index is -3.53. The summed E-state index contributed by atoms with van der Waals surface area (Å²) in [5.41, 5.74) is 2.06. The Morgan fingerprint density at radius 2 is 1.62 bits per heavy atom. The first-order valence-electron chi connectivity index (χ1n) is 10.1. The van der Waals surface area contributed by atoms with E-state index < -0.39 is 10.0 Å². The van der Waals surface area contributed by atoms with Crippen LogP contribution >= 0.6 is 0 Å². The van der Waals surface area contributed by atoms with Gasteiger partial charge in [-0.25, -0.2) is 8.42 Å². The monoisotopic (exact) mass is 413 g/mol.